The lowest BCUT2D eigenvalue weighted by Crippen LogP contribution is -2.25. The van der Waals surface area contributed by atoms with E-state index in [-0.39, 0.29) is 72.9 Å². The van der Waals surface area contributed by atoms with Gasteiger partial charge in [-0.3, -0.25) is 50.6 Å². The van der Waals surface area contributed by atoms with Gasteiger partial charge in [-0.15, -0.1) is 0 Å². The van der Waals surface area contributed by atoms with Crippen molar-refractivity contribution < 1.29 is 29.1 Å². The second kappa shape index (κ2) is 37.8. The molecule has 5 atom stereocenters. The maximum atomic E-state index is 12.9. The minimum Gasteiger partial charge on any atom is -0.508 e. The minimum absolute atomic E-state index is 0. The van der Waals surface area contributed by atoms with E-state index < -0.39 is 0 Å². The number of aryl methyl sites for hydroxylation is 5. The molecule has 0 saturated carbocycles. The number of hydrogen-bond acceptors (Lipinski definition) is 23. The second-order valence-electron chi connectivity index (χ2n) is 28.5. The Morgan fingerprint density at radius 2 is 0.775 bits per heavy atom. The highest BCUT2D eigenvalue weighted by Crippen LogP contribution is 2.28. The summed E-state index contributed by atoms with van der Waals surface area (Å²) >= 11 is 0. The van der Waals surface area contributed by atoms with Crippen LogP contribution in [0.5, 0.6) is 5.75 Å². The molecule has 5 aliphatic heterocycles. The van der Waals surface area contributed by atoms with Crippen LogP contribution in [0.1, 0.15) is 181 Å². The highest BCUT2D eigenvalue weighted by atomic mass is 16.3. The Kier molecular flexibility index (Phi) is 27.1. The van der Waals surface area contributed by atoms with Crippen molar-refractivity contribution in [2.75, 3.05) is 33.3 Å². The number of rotatable bonds is 19. The average molecular weight is 1490 g/mol. The number of carbonyl (C=O) groups is 5. The third kappa shape index (κ3) is 21.4. The Balaban J connectivity index is 0.000000130. The zero-order chi connectivity index (χ0) is 76.6. The molecule has 5 fully saturated rings. The van der Waals surface area contributed by atoms with Gasteiger partial charge in [0.1, 0.15) is 11.5 Å². The van der Waals surface area contributed by atoms with Gasteiger partial charge in [-0.05, 0) is 180 Å². The van der Waals surface area contributed by atoms with Gasteiger partial charge in [0.25, 0.3) is 0 Å². The van der Waals surface area contributed by atoms with E-state index in [9.17, 15) is 29.1 Å². The molecule has 0 spiro atoms. The van der Waals surface area contributed by atoms with Crippen LogP contribution >= 0.6 is 0 Å². The van der Waals surface area contributed by atoms with Crippen LogP contribution in [0.3, 0.4) is 0 Å². The van der Waals surface area contributed by atoms with Crippen molar-refractivity contribution in [1.29, 1.82) is 0 Å². The lowest BCUT2D eigenvalue weighted by Gasteiger charge is -2.13. The van der Waals surface area contributed by atoms with E-state index in [0.29, 0.717) is 68.8 Å². The van der Waals surface area contributed by atoms with Gasteiger partial charge in [0, 0.05) is 54.4 Å². The first kappa shape index (κ1) is 79.8. The summed E-state index contributed by atoms with van der Waals surface area (Å²) in [7, 11) is 0. The zero-order valence-corrected chi connectivity index (χ0v) is 62.5. The highest BCUT2D eigenvalue weighted by molar-refractivity contribution is 6.08. The molecule has 25 heteroatoms. The van der Waals surface area contributed by atoms with E-state index in [2.05, 4.69) is 187 Å². The molecule has 0 radical (unpaired) electrons. The molecule has 2 aromatic heterocycles. The number of hydrazine groups is 5. The number of aromatic amines is 2. The van der Waals surface area contributed by atoms with E-state index in [1.54, 1.807) is 31.7 Å². The molecule has 5 unspecified atom stereocenters. The molecular formula is C86H99N19O6. The number of benzene rings is 9. The first-order valence-corrected chi connectivity index (χ1v) is 37.0. The van der Waals surface area contributed by atoms with E-state index in [1.165, 1.54) is 28.3 Å². The molecule has 11 aromatic rings. The number of phenols is 1. The van der Waals surface area contributed by atoms with Crippen molar-refractivity contribution in [3.8, 4) is 5.75 Å². The van der Waals surface area contributed by atoms with Crippen molar-refractivity contribution in [2.24, 2.45) is 0 Å². The molecule has 17 rings (SSSR count). The number of carbonyl (C=O) groups excluding carboxylic acids is 5. The normalized spacial score (nSPS) is 18.0. The molecule has 111 heavy (non-hydrogen) atoms. The van der Waals surface area contributed by atoms with Gasteiger partial charge in [0.2, 0.25) is 0 Å². The summed E-state index contributed by atoms with van der Waals surface area (Å²) in [6.45, 7) is 15.2. The molecule has 18 N–H and O–H groups in total. The number of fused-ring (bicyclic) bond motifs is 3. The summed E-state index contributed by atoms with van der Waals surface area (Å²) in [5, 5.41) is 26.1. The van der Waals surface area contributed by atoms with Crippen LogP contribution in [-0.2, 0) is 43.3 Å². The maximum Gasteiger partial charge on any atom is 0.169 e. The Morgan fingerprint density at radius 3 is 1.20 bits per heavy atom. The number of ketones is 5. The lowest BCUT2D eigenvalue weighted by atomic mass is 9.97. The first-order valence-electron chi connectivity index (χ1n) is 37.0. The van der Waals surface area contributed by atoms with Gasteiger partial charge in [-0.25, -0.2) is 64.2 Å². The van der Waals surface area contributed by atoms with Crippen LogP contribution in [0.2, 0.25) is 0 Å². The molecule has 1 aliphatic carbocycles. The van der Waals surface area contributed by atoms with Crippen LogP contribution in [0.15, 0.2) is 189 Å². The van der Waals surface area contributed by atoms with Crippen LogP contribution in [-0.4, -0.2) is 87.3 Å². The summed E-state index contributed by atoms with van der Waals surface area (Å²) in [5.41, 5.74) is 55.4. The van der Waals surface area contributed by atoms with Crippen molar-refractivity contribution in [3.05, 3.63) is 305 Å². The third-order valence-electron chi connectivity index (χ3n) is 19.4. The van der Waals surface area contributed by atoms with Gasteiger partial charge >= 0.3 is 0 Å². The minimum atomic E-state index is 0. The molecule has 0 amide bonds. The molecular weight excluding hydrogens is 1400 g/mol. The molecule has 9 aromatic carbocycles. The molecule has 7 heterocycles. The Hall–Kier alpha value is -10.8. The number of allylic oxidation sites excluding steroid dienone is 1. The predicted octanol–water partition coefficient (Wildman–Crippen LogP) is 9.74. The van der Waals surface area contributed by atoms with Gasteiger partial charge in [0.05, 0.1) is 98.9 Å². The summed E-state index contributed by atoms with van der Waals surface area (Å²) in [5.74, 6) is 0.656. The molecule has 574 valence electrons. The summed E-state index contributed by atoms with van der Waals surface area (Å²) in [6, 6.07) is 55.6. The fourth-order valence-corrected chi connectivity index (χ4v) is 14.3. The summed E-state index contributed by atoms with van der Waals surface area (Å²) in [4.78, 5) is 76.6. The number of hydrogen-bond donors (Lipinski definition) is 18. The number of aromatic hydroxyl groups is 1. The van der Waals surface area contributed by atoms with Crippen LogP contribution in [0, 0.1) is 34.6 Å². The number of Topliss-reactive ketones (excluding diaryl/α,β-unsaturated/α-hetero) is 5. The molecule has 25 nitrogen and oxygen atoms in total. The van der Waals surface area contributed by atoms with E-state index in [1.807, 2.05) is 112 Å². The van der Waals surface area contributed by atoms with Gasteiger partial charge in [-0.1, -0.05) is 152 Å². The standard InChI is InChI=1S/C19H21N5O.C19H19N3O.C18H19N5O.C17H19N3O2.C12H17N3O.CH4/c1-11-3-13(7-14(4-11)19-22-10-23-24-19)8-17(25)15-5-12(2)6-16-18(15)21-9-20-16;23-18(16-8-7-14-4-2-5-15(14)11-16)10-13-3-1-6-17(9-13)19-20-12-21-22-19;1-11-5-14(17-15(6-11)19-9-20-17)16(24)8-12-3-2-4-13(7-12)18-21-10-22-23-18;1-11-5-14(9-15(21)6-11)16(22)8-12-3-2-4-13(7-12)17-18-10-19-20-17;1-8-3-10(5-9(2)16)6-11(4-8)12-13-7-14-15-12;/h3-7,9,19,22-24H,8,10H2,1-2H3,(H,20,21);1-3,5-9,11,19-22H,4,10,12H2;2-7,9,18,21-23H,8,10H2,1H3,(H,19,20);2-7,9,17-21H,8,10H2,1H3;3-4,6,12-15H,5,7H2,1-2H3;1H4. The lowest BCUT2D eigenvalue weighted by molar-refractivity contribution is -0.116. The largest absolute Gasteiger partial charge is 0.508 e. The Bertz CT molecular complexity index is 5140. The number of H-pyrrole nitrogens is 2. The number of nitrogens with one attached hydrogen (secondary N) is 17. The monoisotopic (exact) mass is 1490 g/mol. The summed E-state index contributed by atoms with van der Waals surface area (Å²) < 4.78 is 0. The van der Waals surface area contributed by atoms with Crippen molar-refractivity contribution >= 4 is 57.1 Å². The predicted molar refractivity (Wildman–Crippen MR) is 434 cm³/mol. The Morgan fingerprint density at radius 1 is 0.387 bits per heavy atom. The molecule has 0 bridgehead atoms. The average Bonchev–Trinajstić information content (AvgIpc) is 1.73. The van der Waals surface area contributed by atoms with E-state index >= 15 is 0 Å². The van der Waals surface area contributed by atoms with Crippen molar-refractivity contribution in [2.45, 2.75) is 118 Å². The quantitative estimate of drug-likeness (QED) is 0.0335. The van der Waals surface area contributed by atoms with E-state index in [0.717, 1.165) is 120 Å². The maximum absolute atomic E-state index is 12.9. The van der Waals surface area contributed by atoms with Gasteiger partial charge in [-0.2, -0.15) is 0 Å². The number of imidazole rings is 2. The smallest absolute Gasteiger partial charge is 0.169 e. The topological polar surface area (TPSA) is 343 Å². The third-order valence-corrected chi connectivity index (χ3v) is 19.4. The zero-order valence-electron chi connectivity index (χ0n) is 62.5. The van der Waals surface area contributed by atoms with Crippen molar-refractivity contribution in [1.82, 2.24) is 101 Å². The summed E-state index contributed by atoms with van der Waals surface area (Å²) in [6.07, 6.45) is 10.8. The number of aromatic nitrogens is 4. The fraction of sp³-hybridized carbons (Fsp3) is 0.267. The van der Waals surface area contributed by atoms with Crippen LogP contribution < -0.4 is 80.8 Å². The van der Waals surface area contributed by atoms with E-state index in [4.69, 9.17) is 0 Å². The van der Waals surface area contributed by atoms with Crippen LogP contribution in [0.25, 0.3) is 28.1 Å². The molecule has 6 aliphatic rings. The van der Waals surface area contributed by atoms with Gasteiger partial charge in [0.15, 0.2) is 23.1 Å². The van der Waals surface area contributed by atoms with Crippen molar-refractivity contribution in [3.63, 3.8) is 0 Å². The van der Waals surface area contributed by atoms with Gasteiger partial charge < -0.3 is 15.1 Å². The molecule has 5 saturated heterocycles. The second-order valence-corrected chi connectivity index (χ2v) is 28.5. The Labute approximate surface area is 646 Å². The highest BCUT2D eigenvalue weighted by Gasteiger charge is 2.24. The number of nitrogens with zero attached hydrogens (tertiary/aromatic N) is 2. The first-order chi connectivity index (χ1) is 53.4. The number of phenolic OH excluding ortho intramolecular Hbond substituents is 1. The SMILES string of the molecule is C.CC(=O)Cc1cc(C)cc(C2NCNN2)c1.Cc1cc(C(=O)Cc2cccc(C3NCNN3)c2)c2nc[nH]c2c1.Cc1cc(CC(=O)c2cc(C)cc3[nH]cnc23)cc(C2NCNN2)c1.Cc1cc(O)cc(C(=O)Cc2cccc(C3NCNN3)c2)c1.O=C(Cc1cccc(C2NCNN2)c1)c1ccc2c(c1)C=CC2. The van der Waals surface area contributed by atoms with Crippen LogP contribution in [0.4, 0.5) is 0 Å². The fourth-order valence-electron chi connectivity index (χ4n) is 14.3.